The zero-order valence-electron chi connectivity index (χ0n) is 12.6. The highest BCUT2D eigenvalue weighted by atomic mass is 16.3. The molecule has 1 aromatic rings. The highest BCUT2D eigenvalue weighted by molar-refractivity contribution is 5.04. The van der Waals surface area contributed by atoms with Gasteiger partial charge in [-0.15, -0.1) is 0 Å². The van der Waals surface area contributed by atoms with E-state index < -0.39 is 0 Å². The monoisotopic (exact) mass is 278 g/mol. The molecule has 1 aromatic heterocycles. The standard InChI is InChI=1S/C15H26N4O/c1-11(2)18-7-4-6-13(18)9-14-16-15-12(10-20)5-3-8-19(15)17-14/h11-13,20H,3-10H2,1-2H3. The third kappa shape index (κ3) is 2.61. The highest BCUT2D eigenvalue weighted by Gasteiger charge is 2.29. The second-order valence-corrected chi connectivity index (χ2v) is 6.46. The van der Waals surface area contributed by atoms with Gasteiger partial charge in [0.2, 0.25) is 0 Å². The van der Waals surface area contributed by atoms with E-state index in [2.05, 4.69) is 23.8 Å². The number of nitrogens with zero attached hydrogens (tertiary/aromatic N) is 4. The van der Waals surface area contributed by atoms with Crippen LogP contribution < -0.4 is 0 Å². The minimum absolute atomic E-state index is 0.190. The van der Waals surface area contributed by atoms with Gasteiger partial charge in [-0.05, 0) is 46.1 Å². The van der Waals surface area contributed by atoms with Crippen molar-refractivity contribution in [1.29, 1.82) is 0 Å². The molecule has 1 fully saturated rings. The molecule has 0 aliphatic carbocycles. The molecule has 2 atom stereocenters. The summed E-state index contributed by atoms with van der Waals surface area (Å²) in [6.45, 7) is 6.89. The fourth-order valence-corrected chi connectivity index (χ4v) is 3.71. The first-order valence-electron chi connectivity index (χ1n) is 7.99. The van der Waals surface area contributed by atoms with Crippen molar-refractivity contribution in [1.82, 2.24) is 19.7 Å². The van der Waals surface area contributed by atoms with Crippen LogP contribution in [0, 0.1) is 0 Å². The Labute approximate surface area is 121 Å². The lowest BCUT2D eigenvalue weighted by molar-refractivity contribution is 0.201. The van der Waals surface area contributed by atoms with Gasteiger partial charge in [-0.2, -0.15) is 5.10 Å². The first-order chi connectivity index (χ1) is 9.69. The lowest BCUT2D eigenvalue weighted by atomic mass is 10.0. The van der Waals surface area contributed by atoms with Gasteiger partial charge in [-0.25, -0.2) is 9.67 Å². The number of hydrogen-bond acceptors (Lipinski definition) is 4. The van der Waals surface area contributed by atoms with E-state index in [1.54, 1.807) is 0 Å². The Hall–Kier alpha value is -0.940. The molecule has 1 N–H and O–H groups in total. The maximum absolute atomic E-state index is 9.46. The smallest absolute Gasteiger partial charge is 0.152 e. The van der Waals surface area contributed by atoms with E-state index in [0.717, 1.165) is 37.5 Å². The van der Waals surface area contributed by atoms with Crippen LogP contribution in [0.2, 0.25) is 0 Å². The van der Waals surface area contributed by atoms with E-state index in [1.807, 2.05) is 4.68 Å². The molecule has 0 bridgehead atoms. The van der Waals surface area contributed by atoms with Crippen LogP contribution in [0.1, 0.15) is 57.1 Å². The topological polar surface area (TPSA) is 54.2 Å². The molecule has 112 valence electrons. The van der Waals surface area contributed by atoms with Crippen LogP contribution in [-0.2, 0) is 13.0 Å². The zero-order valence-corrected chi connectivity index (χ0v) is 12.6. The summed E-state index contributed by atoms with van der Waals surface area (Å²) in [4.78, 5) is 7.30. The molecule has 3 heterocycles. The van der Waals surface area contributed by atoms with Crippen LogP contribution >= 0.6 is 0 Å². The van der Waals surface area contributed by atoms with Gasteiger partial charge >= 0.3 is 0 Å². The second kappa shape index (κ2) is 5.82. The molecule has 0 radical (unpaired) electrons. The molecule has 2 aliphatic heterocycles. The molecular weight excluding hydrogens is 252 g/mol. The number of fused-ring (bicyclic) bond motifs is 1. The van der Waals surface area contributed by atoms with Gasteiger partial charge in [0.25, 0.3) is 0 Å². The fourth-order valence-electron chi connectivity index (χ4n) is 3.71. The van der Waals surface area contributed by atoms with Crippen LogP contribution in [-0.4, -0.2) is 50.0 Å². The summed E-state index contributed by atoms with van der Waals surface area (Å²) in [5, 5.41) is 14.1. The van der Waals surface area contributed by atoms with E-state index >= 15 is 0 Å². The fraction of sp³-hybridized carbons (Fsp3) is 0.867. The van der Waals surface area contributed by atoms with Crippen LogP contribution in [0.5, 0.6) is 0 Å². The van der Waals surface area contributed by atoms with Gasteiger partial charge in [0, 0.05) is 31.0 Å². The number of rotatable bonds is 4. The molecule has 0 saturated carbocycles. The molecule has 5 heteroatoms. The van der Waals surface area contributed by atoms with Gasteiger partial charge in [0.1, 0.15) is 5.82 Å². The Balaban J connectivity index is 1.74. The third-order valence-corrected chi connectivity index (χ3v) is 4.76. The Kier molecular flexibility index (Phi) is 4.08. The van der Waals surface area contributed by atoms with Crippen LogP contribution in [0.3, 0.4) is 0 Å². The Morgan fingerprint density at radius 1 is 1.25 bits per heavy atom. The maximum Gasteiger partial charge on any atom is 0.152 e. The predicted octanol–water partition coefficient (Wildman–Crippen LogP) is 1.56. The number of hydrogen-bond donors (Lipinski definition) is 1. The van der Waals surface area contributed by atoms with Gasteiger partial charge in [0.05, 0.1) is 6.61 Å². The van der Waals surface area contributed by atoms with Crippen molar-refractivity contribution in [2.45, 2.75) is 70.5 Å². The molecular formula is C15H26N4O. The zero-order chi connectivity index (χ0) is 14.1. The summed E-state index contributed by atoms with van der Waals surface area (Å²) in [5.74, 6) is 2.16. The van der Waals surface area contributed by atoms with Gasteiger partial charge in [0.15, 0.2) is 5.82 Å². The Bertz CT molecular complexity index is 457. The summed E-state index contributed by atoms with van der Waals surface area (Å²) in [6.07, 6.45) is 5.64. The molecule has 2 aliphatic rings. The second-order valence-electron chi connectivity index (χ2n) is 6.46. The summed E-state index contributed by atoms with van der Waals surface area (Å²) in [6, 6.07) is 1.19. The predicted molar refractivity (Wildman–Crippen MR) is 77.7 cm³/mol. The van der Waals surface area contributed by atoms with E-state index in [4.69, 9.17) is 4.98 Å². The summed E-state index contributed by atoms with van der Waals surface area (Å²) in [7, 11) is 0. The van der Waals surface area contributed by atoms with E-state index in [0.29, 0.717) is 12.1 Å². The van der Waals surface area contributed by atoms with Crippen molar-refractivity contribution in [3.05, 3.63) is 11.6 Å². The average molecular weight is 278 g/mol. The SMILES string of the molecule is CC(C)N1CCCC1Cc1nc2n(n1)CCCC2CO. The van der Waals surface area contributed by atoms with Crippen LogP contribution in [0.4, 0.5) is 0 Å². The molecule has 20 heavy (non-hydrogen) atoms. The highest BCUT2D eigenvalue weighted by Crippen LogP contribution is 2.27. The van der Waals surface area contributed by atoms with E-state index in [1.165, 1.54) is 19.4 Å². The molecule has 0 spiro atoms. The summed E-state index contributed by atoms with van der Waals surface area (Å²) in [5.41, 5.74) is 0. The van der Waals surface area contributed by atoms with Crippen molar-refractivity contribution in [2.75, 3.05) is 13.2 Å². The van der Waals surface area contributed by atoms with Crippen LogP contribution in [0.15, 0.2) is 0 Å². The first kappa shape index (κ1) is 14.0. The molecule has 0 aromatic carbocycles. The third-order valence-electron chi connectivity index (χ3n) is 4.76. The Morgan fingerprint density at radius 3 is 2.80 bits per heavy atom. The number of aliphatic hydroxyl groups is 1. The molecule has 1 saturated heterocycles. The van der Waals surface area contributed by atoms with Crippen LogP contribution in [0.25, 0.3) is 0 Å². The minimum Gasteiger partial charge on any atom is -0.396 e. The first-order valence-corrected chi connectivity index (χ1v) is 7.99. The van der Waals surface area contributed by atoms with Crippen molar-refractivity contribution in [2.24, 2.45) is 0 Å². The quantitative estimate of drug-likeness (QED) is 0.908. The maximum atomic E-state index is 9.46. The Morgan fingerprint density at radius 2 is 2.05 bits per heavy atom. The number of likely N-dealkylation sites (tertiary alicyclic amines) is 1. The van der Waals surface area contributed by atoms with Gasteiger partial charge < -0.3 is 5.11 Å². The normalized spacial score (nSPS) is 27.2. The molecule has 2 unspecified atom stereocenters. The van der Waals surface area contributed by atoms with Crippen molar-refractivity contribution >= 4 is 0 Å². The van der Waals surface area contributed by atoms with Gasteiger partial charge in [-0.1, -0.05) is 0 Å². The molecule has 0 amide bonds. The molecule has 5 nitrogen and oxygen atoms in total. The van der Waals surface area contributed by atoms with E-state index in [9.17, 15) is 5.11 Å². The minimum atomic E-state index is 0.190. The summed E-state index contributed by atoms with van der Waals surface area (Å²) < 4.78 is 2.02. The van der Waals surface area contributed by atoms with Crippen molar-refractivity contribution in [3.8, 4) is 0 Å². The number of aromatic nitrogens is 3. The largest absolute Gasteiger partial charge is 0.396 e. The van der Waals surface area contributed by atoms with Crippen molar-refractivity contribution in [3.63, 3.8) is 0 Å². The average Bonchev–Trinajstić information content (AvgIpc) is 3.04. The lowest BCUT2D eigenvalue weighted by Gasteiger charge is -2.27. The number of aryl methyl sites for hydroxylation is 1. The number of aliphatic hydroxyl groups excluding tert-OH is 1. The summed E-state index contributed by atoms with van der Waals surface area (Å²) >= 11 is 0. The van der Waals surface area contributed by atoms with Crippen molar-refractivity contribution < 1.29 is 5.11 Å². The lowest BCUT2D eigenvalue weighted by Crippen LogP contribution is -2.36. The van der Waals surface area contributed by atoms with E-state index in [-0.39, 0.29) is 12.5 Å². The van der Waals surface area contributed by atoms with Gasteiger partial charge in [-0.3, -0.25) is 4.90 Å². The molecule has 3 rings (SSSR count).